The Kier molecular flexibility index (Phi) is 8.06. The Morgan fingerprint density at radius 1 is 0.935 bits per heavy atom. The lowest BCUT2D eigenvalue weighted by Gasteiger charge is -2.09. The fourth-order valence-electron chi connectivity index (χ4n) is 2.84. The Bertz CT molecular complexity index is 1050. The lowest BCUT2D eigenvalue weighted by Crippen LogP contribution is -2.19. The molecule has 6 nitrogen and oxygen atoms in total. The molecule has 0 saturated heterocycles. The van der Waals surface area contributed by atoms with Crippen LogP contribution in [0.5, 0.6) is 17.2 Å². The molecule has 0 aliphatic rings. The summed E-state index contributed by atoms with van der Waals surface area (Å²) >= 11 is 3.51. The number of hydrogen-bond donors (Lipinski definition) is 1. The zero-order chi connectivity index (χ0) is 22.1. The van der Waals surface area contributed by atoms with Gasteiger partial charge in [0.15, 0.2) is 11.5 Å². The summed E-state index contributed by atoms with van der Waals surface area (Å²) in [6.07, 6.45) is 1.76. The third-order valence-corrected chi connectivity index (χ3v) is 5.03. The van der Waals surface area contributed by atoms with Crippen LogP contribution in [0.15, 0.2) is 76.3 Å². The van der Waals surface area contributed by atoms with Crippen molar-refractivity contribution < 1.29 is 19.0 Å². The first-order valence-electron chi connectivity index (χ1n) is 9.58. The number of methoxy groups -OCH3 is 2. The van der Waals surface area contributed by atoms with E-state index in [0.717, 1.165) is 26.9 Å². The summed E-state index contributed by atoms with van der Waals surface area (Å²) in [5.74, 6) is 1.70. The number of hydrazone groups is 1. The SMILES string of the molecule is COc1ccc(CC(=O)N/N=C/c2ccc(OCc3ccccc3)c(Br)c2)cc1OC. The highest BCUT2D eigenvalue weighted by Crippen LogP contribution is 2.28. The lowest BCUT2D eigenvalue weighted by molar-refractivity contribution is -0.120. The van der Waals surface area contributed by atoms with Gasteiger partial charge in [0, 0.05) is 0 Å². The maximum Gasteiger partial charge on any atom is 0.244 e. The molecule has 3 aromatic carbocycles. The molecule has 160 valence electrons. The Balaban J connectivity index is 1.53. The smallest absolute Gasteiger partial charge is 0.244 e. The van der Waals surface area contributed by atoms with Crippen molar-refractivity contribution in [2.45, 2.75) is 13.0 Å². The van der Waals surface area contributed by atoms with Crippen LogP contribution in [0, 0.1) is 0 Å². The van der Waals surface area contributed by atoms with Crippen LogP contribution in [0.3, 0.4) is 0 Å². The quantitative estimate of drug-likeness (QED) is 0.353. The molecule has 1 N–H and O–H groups in total. The van der Waals surface area contributed by atoms with Crippen LogP contribution < -0.4 is 19.6 Å². The van der Waals surface area contributed by atoms with E-state index in [4.69, 9.17) is 14.2 Å². The topological polar surface area (TPSA) is 69.2 Å². The van der Waals surface area contributed by atoms with Gasteiger partial charge in [-0.05, 0) is 63.0 Å². The molecule has 7 heteroatoms. The summed E-state index contributed by atoms with van der Waals surface area (Å²) in [6, 6.07) is 20.9. The summed E-state index contributed by atoms with van der Waals surface area (Å²) in [7, 11) is 3.13. The van der Waals surface area contributed by atoms with Gasteiger partial charge in [0.05, 0.1) is 31.3 Å². The number of ether oxygens (including phenoxy) is 3. The number of hydrogen-bond acceptors (Lipinski definition) is 5. The molecule has 0 fully saturated rings. The van der Waals surface area contributed by atoms with Crippen LogP contribution in [0.2, 0.25) is 0 Å². The highest BCUT2D eigenvalue weighted by molar-refractivity contribution is 9.10. The maximum absolute atomic E-state index is 12.2. The molecule has 0 bridgehead atoms. The second kappa shape index (κ2) is 11.2. The van der Waals surface area contributed by atoms with E-state index in [1.165, 1.54) is 0 Å². The van der Waals surface area contributed by atoms with Crippen LogP contribution in [0.25, 0.3) is 0 Å². The van der Waals surface area contributed by atoms with Gasteiger partial charge in [0.1, 0.15) is 12.4 Å². The number of rotatable bonds is 9. The zero-order valence-corrected chi connectivity index (χ0v) is 18.9. The first-order valence-corrected chi connectivity index (χ1v) is 10.4. The molecule has 0 heterocycles. The van der Waals surface area contributed by atoms with Gasteiger partial charge in [0.25, 0.3) is 0 Å². The van der Waals surface area contributed by atoms with E-state index < -0.39 is 0 Å². The first kappa shape index (κ1) is 22.4. The van der Waals surface area contributed by atoms with Crippen molar-refractivity contribution in [2.24, 2.45) is 5.10 Å². The van der Waals surface area contributed by atoms with Crippen LogP contribution in [0.4, 0.5) is 0 Å². The number of nitrogens with zero attached hydrogens (tertiary/aromatic N) is 1. The molecule has 0 atom stereocenters. The average Bonchev–Trinajstić information content (AvgIpc) is 2.79. The van der Waals surface area contributed by atoms with Gasteiger partial charge in [-0.2, -0.15) is 5.10 Å². The Morgan fingerprint density at radius 2 is 1.68 bits per heavy atom. The third-order valence-electron chi connectivity index (χ3n) is 4.41. The van der Waals surface area contributed by atoms with E-state index in [2.05, 4.69) is 26.5 Å². The normalized spacial score (nSPS) is 10.7. The molecule has 0 saturated carbocycles. The minimum Gasteiger partial charge on any atom is -0.493 e. The van der Waals surface area contributed by atoms with Crippen molar-refractivity contribution in [1.82, 2.24) is 5.43 Å². The molecular weight excluding hydrogens is 460 g/mol. The van der Waals surface area contributed by atoms with E-state index in [0.29, 0.717) is 18.1 Å². The average molecular weight is 483 g/mol. The van der Waals surface area contributed by atoms with Gasteiger partial charge < -0.3 is 14.2 Å². The van der Waals surface area contributed by atoms with Crippen molar-refractivity contribution in [3.05, 3.63) is 87.9 Å². The van der Waals surface area contributed by atoms with Crippen LogP contribution in [0.1, 0.15) is 16.7 Å². The van der Waals surface area contributed by atoms with Gasteiger partial charge in [-0.3, -0.25) is 4.79 Å². The van der Waals surface area contributed by atoms with Crippen molar-refractivity contribution in [3.63, 3.8) is 0 Å². The molecular formula is C24H23BrN2O4. The number of benzene rings is 3. The molecule has 31 heavy (non-hydrogen) atoms. The molecule has 0 aliphatic carbocycles. The van der Waals surface area contributed by atoms with Gasteiger partial charge in [-0.1, -0.05) is 36.4 Å². The van der Waals surface area contributed by atoms with E-state index in [1.807, 2.05) is 54.6 Å². The first-order chi connectivity index (χ1) is 15.1. The molecule has 1 amide bonds. The van der Waals surface area contributed by atoms with Crippen LogP contribution in [-0.4, -0.2) is 26.3 Å². The summed E-state index contributed by atoms with van der Waals surface area (Å²) in [6.45, 7) is 0.485. The van der Waals surface area contributed by atoms with Crippen molar-refractivity contribution in [2.75, 3.05) is 14.2 Å². The van der Waals surface area contributed by atoms with E-state index in [-0.39, 0.29) is 12.3 Å². The summed E-state index contributed by atoms with van der Waals surface area (Å²) in [5.41, 5.74) is 5.26. The van der Waals surface area contributed by atoms with Crippen molar-refractivity contribution in [1.29, 1.82) is 0 Å². The van der Waals surface area contributed by atoms with Crippen molar-refractivity contribution >= 4 is 28.1 Å². The summed E-state index contributed by atoms with van der Waals surface area (Å²) in [5, 5.41) is 4.04. The van der Waals surface area contributed by atoms with E-state index >= 15 is 0 Å². The number of carbonyl (C=O) groups is 1. The second-order valence-electron chi connectivity index (χ2n) is 6.62. The van der Waals surface area contributed by atoms with Gasteiger partial charge in [0.2, 0.25) is 5.91 Å². The molecule has 3 rings (SSSR count). The molecule has 0 aliphatic heterocycles. The molecule has 3 aromatic rings. The molecule has 0 radical (unpaired) electrons. The molecule has 0 spiro atoms. The fourth-order valence-corrected chi connectivity index (χ4v) is 3.36. The molecule has 0 aromatic heterocycles. The number of nitrogens with one attached hydrogen (secondary N) is 1. The van der Waals surface area contributed by atoms with Crippen molar-refractivity contribution in [3.8, 4) is 17.2 Å². The Morgan fingerprint density at radius 3 is 2.39 bits per heavy atom. The lowest BCUT2D eigenvalue weighted by atomic mass is 10.1. The Hall–Kier alpha value is -3.32. The van der Waals surface area contributed by atoms with E-state index in [1.54, 1.807) is 32.6 Å². The van der Waals surface area contributed by atoms with Gasteiger partial charge in [-0.25, -0.2) is 5.43 Å². The number of amides is 1. The predicted molar refractivity (Wildman–Crippen MR) is 124 cm³/mol. The number of carbonyl (C=O) groups excluding carboxylic acids is 1. The van der Waals surface area contributed by atoms with Crippen LogP contribution >= 0.6 is 15.9 Å². The highest BCUT2D eigenvalue weighted by Gasteiger charge is 2.08. The fraction of sp³-hybridized carbons (Fsp3) is 0.167. The monoisotopic (exact) mass is 482 g/mol. The number of halogens is 1. The minimum absolute atomic E-state index is 0.174. The highest BCUT2D eigenvalue weighted by atomic mass is 79.9. The molecule has 0 unspecified atom stereocenters. The summed E-state index contributed by atoms with van der Waals surface area (Å²) in [4.78, 5) is 12.2. The largest absolute Gasteiger partial charge is 0.493 e. The van der Waals surface area contributed by atoms with Gasteiger partial charge >= 0.3 is 0 Å². The minimum atomic E-state index is -0.231. The van der Waals surface area contributed by atoms with Gasteiger partial charge in [-0.15, -0.1) is 0 Å². The Labute approximate surface area is 190 Å². The zero-order valence-electron chi connectivity index (χ0n) is 17.3. The van der Waals surface area contributed by atoms with Crippen LogP contribution in [-0.2, 0) is 17.8 Å². The third kappa shape index (κ3) is 6.58. The van der Waals surface area contributed by atoms with E-state index in [9.17, 15) is 4.79 Å². The second-order valence-corrected chi connectivity index (χ2v) is 7.48. The predicted octanol–water partition coefficient (Wildman–Crippen LogP) is 4.74. The maximum atomic E-state index is 12.2. The standard InChI is InChI=1S/C24H23BrN2O4/c1-29-22-11-8-18(13-23(22)30-2)14-24(28)27-26-15-19-9-10-21(20(25)12-19)31-16-17-6-4-3-5-7-17/h3-13,15H,14,16H2,1-2H3,(H,27,28)/b26-15+. The summed E-state index contributed by atoms with van der Waals surface area (Å²) < 4.78 is 17.1.